The van der Waals surface area contributed by atoms with Gasteiger partial charge in [-0.2, -0.15) is 4.98 Å². The third-order valence-electron chi connectivity index (χ3n) is 4.27. The summed E-state index contributed by atoms with van der Waals surface area (Å²) in [6.45, 7) is 0. The second kappa shape index (κ2) is 6.71. The van der Waals surface area contributed by atoms with Gasteiger partial charge < -0.3 is 9.84 Å². The van der Waals surface area contributed by atoms with Gasteiger partial charge in [-0.05, 0) is 44.4 Å². The lowest BCUT2D eigenvalue weighted by Crippen LogP contribution is -2.29. The molecule has 0 saturated heterocycles. The van der Waals surface area contributed by atoms with Gasteiger partial charge in [0.05, 0.1) is 0 Å². The average molecular weight is 350 g/mol. The van der Waals surface area contributed by atoms with Crippen molar-refractivity contribution < 1.29 is 4.52 Å². The van der Waals surface area contributed by atoms with E-state index < -0.39 is 0 Å². The highest BCUT2D eigenvalue weighted by atomic mass is 79.9. The fourth-order valence-electron chi connectivity index (χ4n) is 2.95. The molecule has 0 radical (unpaired) electrons. The Morgan fingerprint density at radius 2 is 2.00 bits per heavy atom. The van der Waals surface area contributed by atoms with E-state index in [9.17, 15) is 0 Å². The van der Waals surface area contributed by atoms with Crippen LogP contribution in [-0.2, 0) is 6.42 Å². The molecule has 1 N–H and O–H groups in total. The van der Waals surface area contributed by atoms with Crippen molar-refractivity contribution in [3.05, 3.63) is 46.0 Å². The maximum absolute atomic E-state index is 5.49. The number of nitrogens with zero attached hydrogens (tertiary/aromatic N) is 2. The minimum Gasteiger partial charge on any atom is -0.339 e. The normalized spacial score (nSPS) is 22.4. The number of hydrogen-bond acceptors (Lipinski definition) is 4. The maximum Gasteiger partial charge on any atom is 0.229 e. The molecule has 3 rings (SSSR count). The third kappa shape index (κ3) is 3.52. The first kappa shape index (κ1) is 14.7. The van der Waals surface area contributed by atoms with E-state index in [1.165, 1.54) is 18.4 Å². The molecule has 0 bridgehead atoms. The van der Waals surface area contributed by atoms with Gasteiger partial charge in [0, 0.05) is 22.9 Å². The number of aromatic nitrogens is 2. The minimum atomic E-state index is 0.426. The fraction of sp³-hybridized carbons (Fsp3) is 0.500. The Bertz CT molecular complexity index is 591. The van der Waals surface area contributed by atoms with Crippen LogP contribution in [0.4, 0.5) is 0 Å². The lowest BCUT2D eigenvalue weighted by molar-refractivity contribution is 0.287. The van der Waals surface area contributed by atoms with Crippen LogP contribution in [0.1, 0.15) is 48.9 Å². The standard InChI is InChI=1S/C16H20BrN3O/c1-18-13-8-6-11(7-9-13)16-19-15(20-21-16)10-12-4-2-3-5-14(12)17/h2-5,11,13,18H,6-10H2,1H3. The van der Waals surface area contributed by atoms with Crippen molar-refractivity contribution in [1.29, 1.82) is 0 Å². The number of rotatable bonds is 4. The number of halogens is 1. The second-order valence-corrected chi connectivity index (χ2v) is 6.51. The van der Waals surface area contributed by atoms with Crippen LogP contribution in [0.25, 0.3) is 0 Å². The zero-order valence-electron chi connectivity index (χ0n) is 12.2. The van der Waals surface area contributed by atoms with Gasteiger partial charge in [0.1, 0.15) is 0 Å². The Balaban J connectivity index is 1.65. The maximum atomic E-state index is 5.49. The predicted octanol–water partition coefficient (Wildman–Crippen LogP) is 3.67. The lowest BCUT2D eigenvalue weighted by atomic mass is 9.86. The third-order valence-corrected chi connectivity index (χ3v) is 5.05. The minimum absolute atomic E-state index is 0.426. The van der Waals surface area contributed by atoms with Crippen LogP contribution in [0.3, 0.4) is 0 Å². The van der Waals surface area contributed by atoms with Crippen LogP contribution in [0, 0.1) is 0 Å². The summed E-state index contributed by atoms with van der Waals surface area (Å²) in [6, 6.07) is 8.80. The van der Waals surface area contributed by atoms with E-state index in [0.29, 0.717) is 18.4 Å². The summed E-state index contributed by atoms with van der Waals surface area (Å²) >= 11 is 3.56. The van der Waals surface area contributed by atoms with Crippen LogP contribution in [-0.4, -0.2) is 23.2 Å². The Morgan fingerprint density at radius 3 is 2.71 bits per heavy atom. The van der Waals surface area contributed by atoms with Crippen molar-refractivity contribution in [2.24, 2.45) is 0 Å². The molecule has 0 unspecified atom stereocenters. The van der Waals surface area contributed by atoms with Crippen molar-refractivity contribution in [3.8, 4) is 0 Å². The summed E-state index contributed by atoms with van der Waals surface area (Å²) in [5.74, 6) is 2.01. The molecule has 0 amide bonds. The Kier molecular flexibility index (Phi) is 4.70. The summed E-state index contributed by atoms with van der Waals surface area (Å²) < 4.78 is 6.58. The monoisotopic (exact) mass is 349 g/mol. The first-order valence-electron chi connectivity index (χ1n) is 7.49. The average Bonchev–Trinajstić information content (AvgIpc) is 2.98. The van der Waals surface area contributed by atoms with Crippen molar-refractivity contribution in [1.82, 2.24) is 15.5 Å². The van der Waals surface area contributed by atoms with E-state index in [1.807, 2.05) is 25.2 Å². The molecule has 1 heterocycles. The van der Waals surface area contributed by atoms with Crippen LogP contribution in [0.5, 0.6) is 0 Å². The second-order valence-electron chi connectivity index (χ2n) is 5.65. The van der Waals surface area contributed by atoms with Gasteiger partial charge in [0.15, 0.2) is 5.82 Å². The first-order valence-corrected chi connectivity index (χ1v) is 8.28. The predicted molar refractivity (Wildman–Crippen MR) is 85.3 cm³/mol. The van der Waals surface area contributed by atoms with Crippen molar-refractivity contribution in [2.75, 3.05) is 7.05 Å². The lowest BCUT2D eigenvalue weighted by Gasteiger charge is -2.25. The van der Waals surface area contributed by atoms with Gasteiger partial charge in [-0.15, -0.1) is 0 Å². The number of benzene rings is 1. The van der Waals surface area contributed by atoms with Gasteiger partial charge in [-0.25, -0.2) is 0 Å². The summed E-state index contributed by atoms with van der Waals surface area (Å²) in [5, 5.41) is 7.49. The summed E-state index contributed by atoms with van der Waals surface area (Å²) in [7, 11) is 2.04. The molecule has 1 aromatic heterocycles. The molecule has 5 heteroatoms. The number of hydrogen-bond donors (Lipinski definition) is 1. The van der Waals surface area contributed by atoms with E-state index in [2.05, 4.69) is 37.5 Å². The first-order chi connectivity index (χ1) is 10.3. The van der Waals surface area contributed by atoms with Gasteiger partial charge in [-0.1, -0.05) is 39.3 Å². The summed E-state index contributed by atoms with van der Waals surface area (Å²) in [4.78, 5) is 4.60. The zero-order valence-corrected chi connectivity index (χ0v) is 13.8. The van der Waals surface area contributed by atoms with E-state index in [1.54, 1.807) is 0 Å². The number of nitrogens with one attached hydrogen (secondary N) is 1. The molecular formula is C16H20BrN3O. The molecule has 1 fully saturated rings. The van der Waals surface area contributed by atoms with Gasteiger partial charge in [0.2, 0.25) is 5.89 Å². The van der Waals surface area contributed by atoms with Gasteiger partial charge in [-0.3, -0.25) is 0 Å². The van der Waals surface area contributed by atoms with E-state index in [4.69, 9.17) is 4.52 Å². The van der Waals surface area contributed by atoms with Crippen LogP contribution in [0.2, 0.25) is 0 Å². The van der Waals surface area contributed by atoms with Gasteiger partial charge >= 0.3 is 0 Å². The molecule has 1 aliphatic carbocycles. The molecule has 21 heavy (non-hydrogen) atoms. The largest absolute Gasteiger partial charge is 0.339 e. The van der Waals surface area contributed by atoms with Crippen LogP contribution < -0.4 is 5.32 Å². The van der Waals surface area contributed by atoms with E-state index in [0.717, 1.165) is 29.0 Å². The Hall–Kier alpha value is -1.20. The summed E-state index contributed by atoms with van der Waals surface area (Å²) in [6.07, 6.45) is 5.33. The van der Waals surface area contributed by atoms with E-state index in [-0.39, 0.29) is 0 Å². The molecule has 0 spiro atoms. The molecule has 112 valence electrons. The van der Waals surface area contributed by atoms with Crippen LogP contribution in [0.15, 0.2) is 33.3 Å². The quantitative estimate of drug-likeness (QED) is 0.914. The molecule has 2 aromatic rings. The Morgan fingerprint density at radius 1 is 1.24 bits per heavy atom. The van der Waals surface area contributed by atoms with Crippen LogP contribution >= 0.6 is 15.9 Å². The molecule has 4 nitrogen and oxygen atoms in total. The molecule has 1 aromatic carbocycles. The molecule has 0 aliphatic heterocycles. The van der Waals surface area contributed by atoms with Crippen molar-refractivity contribution in [3.63, 3.8) is 0 Å². The smallest absolute Gasteiger partial charge is 0.229 e. The van der Waals surface area contributed by atoms with Crippen molar-refractivity contribution >= 4 is 15.9 Å². The van der Waals surface area contributed by atoms with Gasteiger partial charge in [0.25, 0.3) is 0 Å². The van der Waals surface area contributed by atoms with Crippen molar-refractivity contribution in [2.45, 2.75) is 44.1 Å². The Labute approximate surface area is 133 Å². The highest BCUT2D eigenvalue weighted by Crippen LogP contribution is 2.32. The fourth-order valence-corrected chi connectivity index (χ4v) is 3.37. The molecule has 1 saturated carbocycles. The summed E-state index contributed by atoms with van der Waals surface area (Å²) in [5.41, 5.74) is 1.18. The zero-order chi connectivity index (χ0) is 14.7. The van der Waals surface area contributed by atoms with E-state index >= 15 is 0 Å². The topological polar surface area (TPSA) is 51.0 Å². The highest BCUT2D eigenvalue weighted by Gasteiger charge is 2.25. The molecule has 0 atom stereocenters. The highest BCUT2D eigenvalue weighted by molar-refractivity contribution is 9.10. The SMILES string of the molecule is CNC1CCC(c2nc(Cc3ccccc3Br)no2)CC1. The molecule has 1 aliphatic rings. The molecular weight excluding hydrogens is 330 g/mol.